The van der Waals surface area contributed by atoms with Crippen molar-refractivity contribution in [1.82, 2.24) is 14.9 Å². The van der Waals surface area contributed by atoms with Crippen LogP contribution in [0.4, 0.5) is 0 Å². The van der Waals surface area contributed by atoms with Crippen LogP contribution in [0.2, 0.25) is 0 Å². The second-order valence-corrected chi connectivity index (χ2v) is 8.07. The van der Waals surface area contributed by atoms with Crippen molar-refractivity contribution in [3.05, 3.63) is 65.7 Å². The predicted molar refractivity (Wildman–Crippen MR) is 99.9 cm³/mol. The summed E-state index contributed by atoms with van der Waals surface area (Å²) < 4.78 is 27.8. The zero-order valence-corrected chi connectivity index (χ0v) is 15.1. The predicted octanol–water partition coefficient (Wildman–Crippen LogP) is 1.61. The van der Waals surface area contributed by atoms with Gasteiger partial charge in [-0.3, -0.25) is 4.90 Å². The van der Waals surface area contributed by atoms with Gasteiger partial charge in [-0.2, -0.15) is 0 Å². The molecule has 134 valence electrons. The second kappa shape index (κ2) is 8.58. The van der Waals surface area contributed by atoms with Crippen LogP contribution in [-0.2, 0) is 23.0 Å². The lowest BCUT2D eigenvalue weighted by molar-refractivity contribution is 0.233. The molecular weight excluding hydrogens is 334 g/mol. The molecule has 1 aliphatic heterocycles. The standard InChI is InChI=1S/C19H25N3O2S/c23-25(24,21-10-9-17-5-2-1-3-6-17)19-8-4-7-18(15-19)16-22-13-11-20-12-14-22/h1-8,15,20-21H,9-14,16H2. The molecule has 3 rings (SSSR count). The van der Waals surface area contributed by atoms with Gasteiger partial charge in [-0.15, -0.1) is 0 Å². The van der Waals surface area contributed by atoms with E-state index in [1.165, 1.54) is 0 Å². The van der Waals surface area contributed by atoms with E-state index >= 15 is 0 Å². The van der Waals surface area contributed by atoms with Gasteiger partial charge in [-0.1, -0.05) is 42.5 Å². The summed E-state index contributed by atoms with van der Waals surface area (Å²) in [6, 6.07) is 17.1. The molecule has 2 aromatic rings. The number of rotatable bonds is 7. The van der Waals surface area contributed by atoms with Crippen molar-refractivity contribution in [2.45, 2.75) is 17.9 Å². The number of nitrogens with one attached hydrogen (secondary N) is 2. The third-order valence-corrected chi connectivity index (χ3v) is 5.83. The van der Waals surface area contributed by atoms with Crippen molar-refractivity contribution >= 4 is 10.0 Å². The van der Waals surface area contributed by atoms with Crippen molar-refractivity contribution in [2.24, 2.45) is 0 Å². The van der Waals surface area contributed by atoms with E-state index in [1.54, 1.807) is 12.1 Å². The summed E-state index contributed by atoms with van der Waals surface area (Å²) in [5, 5.41) is 3.33. The summed E-state index contributed by atoms with van der Waals surface area (Å²) >= 11 is 0. The van der Waals surface area contributed by atoms with Crippen LogP contribution in [0.5, 0.6) is 0 Å². The summed E-state index contributed by atoms with van der Waals surface area (Å²) in [4.78, 5) is 2.68. The van der Waals surface area contributed by atoms with Crippen LogP contribution in [0.3, 0.4) is 0 Å². The summed E-state index contributed by atoms with van der Waals surface area (Å²) in [7, 11) is -3.47. The van der Waals surface area contributed by atoms with E-state index < -0.39 is 10.0 Å². The van der Waals surface area contributed by atoms with E-state index in [1.807, 2.05) is 42.5 Å². The molecule has 0 bridgehead atoms. The molecule has 0 radical (unpaired) electrons. The molecule has 0 spiro atoms. The molecule has 0 unspecified atom stereocenters. The van der Waals surface area contributed by atoms with Crippen LogP contribution in [-0.4, -0.2) is 46.0 Å². The Morgan fingerprint density at radius 3 is 2.44 bits per heavy atom. The third-order valence-electron chi connectivity index (χ3n) is 4.37. The minimum absolute atomic E-state index is 0.341. The molecule has 1 fully saturated rings. The monoisotopic (exact) mass is 359 g/mol. The first-order chi connectivity index (χ1) is 12.1. The van der Waals surface area contributed by atoms with E-state index in [4.69, 9.17) is 0 Å². The Labute approximate surface area is 150 Å². The van der Waals surface area contributed by atoms with Crippen LogP contribution in [0.1, 0.15) is 11.1 Å². The molecule has 1 heterocycles. The molecule has 1 saturated heterocycles. The lowest BCUT2D eigenvalue weighted by Gasteiger charge is -2.27. The topological polar surface area (TPSA) is 61.4 Å². The van der Waals surface area contributed by atoms with E-state index in [2.05, 4.69) is 14.9 Å². The second-order valence-electron chi connectivity index (χ2n) is 6.31. The van der Waals surface area contributed by atoms with Gasteiger partial charge in [0.1, 0.15) is 0 Å². The molecule has 1 aliphatic rings. The zero-order valence-electron chi connectivity index (χ0n) is 14.3. The van der Waals surface area contributed by atoms with Gasteiger partial charge < -0.3 is 5.32 Å². The Kier molecular flexibility index (Phi) is 6.20. The van der Waals surface area contributed by atoms with E-state index in [-0.39, 0.29) is 0 Å². The molecule has 2 N–H and O–H groups in total. The average Bonchev–Trinajstić information content (AvgIpc) is 2.64. The van der Waals surface area contributed by atoms with Crippen LogP contribution >= 0.6 is 0 Å². The highest BCUT2D eigenvalue weighted by atomic mass is 32.2. The molecule has 0 atom stereocenters. The maximum absolute atomic E-state index is 12.5. The SMILES string of the molecule is O=S(=O)(NCCc1ccccc1)c1cccc(CN2CCNCC2)c1. The molecule has 25 heavy (non-hydrogen) atoms. The van der Waals surface area contributed by atoms with Crippen molar-refractivity contribution in [3.8, 4) is 0 Å². The molecule has 6 heteroatoms. The summed E-state index contributed by atoms with van der Waals surface area (Å²) in [6.45, 7) is 5.14. The molecule has 5 nitrogen and oxygen atoms in total. The highest BCUT2D eigenvalue weighted by Gasteiger charge is 2.15. The fourth-order valence-electron chi connectivity index (χ4n) is 3.00. The molecule has 0 amide bonds. The van der Waals surface area contributed by atoms with Crippen LogP contribution in [0.15, 0.2) is 59.5 Å². The van der Waals surface area contributed by atoms with Gasteiger partial charge in [0.2, 0.25) is 10.0 Å². The molecule has 2 aromatic carbocycles. The maximum atomic E-state index is 12.5. The lowest BCUT2D eigenvalue weighted by Crippen LogP contribution is -2.42. The Morgan fingerprint density at radius 1 is 0.960 bits per heavy atom. The van der Waals surface area contributed by atoms with Gasteiger partial charge in [0.25, 0.3) is 0 Å². The first kappa shape index (κ1) is 18.1. The van der Waals surface area contributed by atoms with Gasteiger partial charge in [-0.25, -0.2) is 13.1 Å². The van der Waals surface area contributed by atoms with Crippen LogP contribution < -0.4 is 10.0 Å². The number of piperazine rings is 1. The first-order valence-corrected chi connectivity index (χ1v) is 10.2. The van der Waals surface area contributed by atoms with Crippen molar-refractivity contribution in [3.63, 3.8) is 0 Å². The Hall–Kier alpha value is -1.73. The summed E-state index contributed by atoms with van der Waals surface area (Å²) in [5.41, 5.74) is 2.16. The highest BCUT2D eigenvalue weighted by Crippen LogP contribution is 2.14. The summed E-state index contributed by atoms with van der Waals surface area (Å²) in [5.74, 6) is 0. The van der Waals surface area contributed by atoms with Crippen molar-refractivity contribution < 1.29 is 8.42 Å². The van der Waals surface area contributed by atoms with Gasteiger partial charge in [0.05, 0.1) is 4.90 Å². The molecule has 0 aromatic heterocycles. The number of hydrogen-bond acceptors (Lipinski definition) is 4. The van der Waals surface area contributed by atoms with Gasteiger partial charge in [0, 0.05) is 39.3 Å². The Morgan fingerprint density at radius 2 is 1.68 bits per heavy atom. The summed E-state index contributed by atoms with van der Waals surface area (Å²) in [6.07, 6.45) is 0.681. The van der Waals surface area contributed by atoms with Crippen LogP contribution in [0, 0.1) is 0 Å². The zero-order chi connectivity index (χ0) is 17.5. The maximum Gasteiger partial charge on any atom is 0.240 e. The minimum Gasteiger partial charge on any atom is -0.314 e. The van der Waals surface area contributed by atoms with Gasteiger partial charge in [-0.05, 0) is 29.7 Å². The average molecular weight is 359 g/mol. The van der Waals surface area contributed by atoms with Crippen molar-refractivity contribution in [2.75, 3.05) is 32.7 Å². The number of benzene rings is 2. The van der Waals surface area contributed by atoms with Gasteiger partial charge in [0.15, 0.2) is 0 Å². The molecule has 0 aliphatic carbocycles. The van der Waals surface area contributed by atoms with E-state index in [9.17, 15) is 8.42 Å². The molecular formula is C19H25N3O2S. The van der Waals surface area contributed by atoms with E-state index in [0.29, 0.717) is 17.9 Å². The highest BCUT2D eigenvalue weighted by molar-refractivity contribution is 7.89. The Bertz CT molecular complexity index is 772. The number of sulfonamides is 1. The van der Waals surface area contributed by atoms with Crippen molar-refractivity contribution in [1.29, 1.82) is 0 Å². The first-order valence-electron chi connectivity index (χ1n) is 8.69. The minimum atomic E-state index is -3.47. The van der Waals surface area contributed by atoms with Gasteiger partial charge >= 0.3 is 0 Å². The number of hydrogen-bond donors (Lipinski definition) is 2. The largest absolute Gasteiger partial charge is 0.314 e. The third kappa shape index (κ3) is 5.37. The smallest absolute Gasteiger partial charge is 0.240 e. The quantitative estimate of drug-likeness (QED) is 0.789. The van der Waals surface area contributed by atoms with Crippen LogP contribution in [0.25, 0.3) is 0 Å². The Balaban J connectivity index is 1.60. The normalized spacial score (nSPS) is 16.0. The fraction of sp³-hybridized carbons (Fsp3) is 0.368. The molecule has 0 saturated carbocycles. The van der Waals surface area contributed by atoms with E-state index in [0.717, 1.165) is 43.9 Å². The lowest BCUT2D eigenvalue weighted by atomic mass is 10.2. The fourth-order valence-corrected chi connectivity index (χ4v) is 4.10. The number of nitrogens with zero attached hydrogens (tertiary/aromatic N) is 1.